The van der Waals surface area contributed by atoms with Crippen LogP contribution in [-0.2, 0) is 9.47 Å². The highest BCUT2D eigenvalue weighted by molar-refractivity contribution is 5.38. The Morgan fingerprint density at radius 1 is 0.340 bits per heavy atom. The van der Waals surface area contributed by atoms with Gasteiger partial charge in [-0.05, 0) is 159 Å². The van der Waals surface area contributed by atoms with Crippen LogP contribution in [0.4, 0.5) is 0 Å². The van der Waals surface area contributed by atoms with Crippen molar-refractivity contribution in [1.29, 1.82) is 0 Å². The SMILES string of the molecule is CC1CCC(C)CC1.CC1COC(C)OC1.Cc1cc(C)c(C)c(C)c1.Cc1ccc(C)c(C)c1.Cc1ccc(C)c(C)c1C.Cc1ccc(C)cc1. The maximum atomic E-state index is 5.17. The number of benzene rings is 4. The lowest BCUT2D eigenvalue weighted by Crippen LogP contribution is -2.27. The number of aryl methyl sites for hydroxylation is 10. The van der Waals surface area contributed by atoms with E-state index in [1.165, 1.54) is 98.0 Å². The van der Waals surface area contributed by atoms with Crippen LogP contribution in [0.3, 0.4) is 0 Å². The minimum Gasteiger partial charge on any atom is -0.353 e. The van der Waals surface area contributed by atoms with Gasteiger partial charge in [-0.3, -0.25) is 0 Å². The zero-order valence-electron chi connectivity index (χ0n) is 37.2. The molecule has 0 amide bonds. The molecule has 2 heteroatoms. The molecular formula is C51H78O2. The molecule has 1 aliphatic heterocycles. The second-order valence-corrected chi connectivity index (χ2v) is 16.4. The van der Waals surface area contributed by atoms with E-state index < -0.39 is 0 Å². The van der Waals surface area contributed by atoms with Crippen molar-refractivity contribution in [3.05, 3.63) is 139 Å². The molecular weight excluding hydrogens is 645 g/mol. The van der Waals surface area contributed by atoms with Crippen LogP contribution >= 0.6 is 0 Å². The fraction of sp³-hybridized carbons (Fsp3) is 0.529. The van der Waals surface area contributed by atoms with Gasteiger partial charge >= 0.3 is 0 Å². The zero-order chi connectivity index (χ0) is 40.2. The quantitative estimate of drug-likeness (QED) is 0.180. The van der Waals surface area contributed by atoms with E-state index in [4.69, 9.17) is 9.47 Å². The Labute approximate surface area is 328 Å². The van der Waals surface area contributed by atoms with E-state index in [2.05, 4.69) is 178 Å². The van der Waals surface area contributed by atoms with Crippen molar-refractivity contribution >= 4 is 0 Å². The van der Waals surface area contributed by atoms with Gasteiger partial charge in [-0.1, -0.05) is 135 Å². The molecule has 2 fully saturated rings. The van der Waals surface area contributed by atoms with E-state index in [0.717, 1.165) is 25.0 Å². The summed E-state index contributed by atoms with van der Waals surface area (Å²) in [6, 6.07) is 23.8. The molecule has 1 aliphatic carbocycles. The standard InChI is InChI=1S/2C10H14.C9H12.C8H16.C8H10.C6H12O2/c1-7-5-8(2)10(4)9(3)6-7;1-7-5-6-8(2)10(4)9(7)3;1-7-4-5-8(2)9(3)6-7;2*1-7-3-5-8(2)6-4-7;1-5-3-7-6(2)8-4-5/h2*5-6H,1-4H3;4-6H,1-3H3;7-8H,3-6H2,1-2H3;3-6H,1-2H3;5-6H,3-4H2,1-2H3. The van der Waals surface area contributed by atoms with Crippen molar-refractivity contribution in [1.82, 2.24) is 0 Å². The Morgan fingerprint density at radius 3 is 1.02 bits per heavy atom. The Hall–Kier alpha value is -3.20. The summed E-state index contributed by atoms with van der Waals surface area (Å²) in [7, 11) is 0. The monoisotopic (exact) mass is 723 g/mol. The summed E-state index contributed by atoms with van der Waals surface area (Å²) in [5, 5.41) is 0. The van der Waals surface area contributed by atoms with Crippen LogP contribution in [0.2, 0.25) is 0 Å². The molecule has 0 N–H and O–H groups in total. The smallest absolute Gasteiger partial charge is 0.154 e. The first-order chi connectivity index (χ1) is 24.8. The molecule has 6 rings (SSSR count). The summed E-state index contributed by atoms with van der Waals surface area (Å²) in [6.45, 7) is 38.4. The van der Waals surface area contributed by atoms with Crippen LogP contribution in [0.25, 0.3) is 0 Å². The molecule has 0 spiro atoms. The molecule has 1 heterocycles. The average molecular weight is 723 g/mol. The van der Waals surface area contributed by atoms with Crippen molar-refractivity contribution < 1.29 is 9.47 Å². The first-order valence-electron chi connectivity index (χ1n) is 20.2. The fourth-order valence-corrected chi connectivity index (χ4v) is 5.99. The third-order valence-corrected chi connectivity index (χ3v) is 10.8. The first kappa shape index (κ1) is 47.8. The average Bonchev–Trinajstić information content (AvgIpc) is 3.11. The first-order valence-corrected chi connectivity index (χ1v) is 20.2. The maximum Gasteiger partial charge on any atom is 0.154 e. The molecule has 0 atom stereocenters. The summed E-state index contributed by atoms with van der Waals surface area (Å²) >= 11 is 0. The van der Waals surface area contributed by atoms with Gasteiger partial charge in [0.2, 0.25) is 0 Å². The van der Waals surface area contributed by atoms with Gasteiger partial charge in [0.05, 0.1) is 13.2 Å². The Kier molecular flexibility index (Phi) is 22.5. The summed E-state index contributed by atoms with van der Waals surface area (Å²) < 4.78 is 10.3. The molecule has 1 saturated carbocycles. The maximum absolute atomic E-state index is 5.17. The molecule has 0 aromatic heterocycles. The Balaban J connectivity index is 0.000000319. The highest BCUT2D eigenvalue weighted by Gasteiger charge is 2.14. The lowest BCUT2D eigenvalue weighted by molar-refractivity contribution is -0.187. The van der Waals surface area contributed by atoms with Crippen LogP contribution in [0.15, 0.2) is 66.7 Å². The van der Waals surface area contributed by atoms with Gasteiger partial charge in [-0.2, -0.15) is 0 Å². The van der Waals surface area contributed by atoms with Gasteiger partial charge in [0.1, 0.15) is 0 Å². The predicted octanol–water partition coefficient (Wildman–Crippen LogP) is 14.6. The lowest BCUT2D eigenvalue weighted by Gasteiger charge is -2.24. The second-order valence-electron chi connectivity index (χ2n) is 16.4. The number of ether oxygens (including phenoxy) is 2. The minimum absolute atomic E-state index is 0.0196. The van der Waals surface area contributed by atoms with Crippen LogP contribution in [0, 0.1) is 108 Å². The third-order valence-electron chi connectivity index (χ3n) is 10.8. The largest absolute Gasteiger partial charge is 0.353 e. The summed E-state index contributed by atoms with van der Waals surface area (Å²) in [6.07, 6.45) is 5.91. The van der Waals surface area contributed by atoms with E-state index in [1.807, 2.05) is 6.92 Å². The molecule has 1 saturated heterocycles. The highest BCUT2D eigenvalue weighted by atomic mass is 16.7. The number of hydrogen-bond donors (Lipinski definition) is 0. The van der Waals surface area contributed by atoms with Crippen molar-refractivity contribution in [3.63, 3.8) is 0 Å². The summed E-state index contributed by atoms with van der Waals surface area (Å²) in [4.78, 5) is 0. The van der Waals surface area contributed by atoms with Crippen LogP contribution in [0.5, 0.6) is 0 Å². The molecule has 4 aromatic carbocycles. The lowest BCUT2D eigenvalue weighted by atomic mass is 9.84. The topological polar surface area (TPSA) is 18.5 Å². The van der Waals surface area contributed by atoms with Gasteiger partial charge in [0, 0.05) is 5.92 Å². The van der Waals surface area contributed by atoms with Crippen molar-refractivity contribution in [2.45, 2.75) is 150 Å². The molecule has 2 nitrogen and oxygen atoms in total. The number of hydrogen-bond acceptors (Lipinski definition) is 2. The van der Waals surface area contributed by atoms with Crippen molar-refractivity contribution in [3.8, 4) is 0 Å². The summed E-state index contributed by atoms with van der Waals surface area (Å²) in [5.74, 6) is 2.61. The molecule has 0 radical (unpaired) electrons. The summed E-state index contributed by atoms with van der Waals surface area (Å²) in [5.41, 5.74) is 18.0. The third kappa shape index (κ3) is 20.2. The van der Waals surface area contributed by atoms with Crippen LogP contribution in [-0.4, -0.2) is 19.5 Å². The minimum atomic E-state index is 0.0196. The molecule has 294 valence electrons. The normalized spacial score (nSPS) is 18.8. The van der Waals surface area contributed by atoms with Gasteiger partial charge in [-0.25, -0.2) is 0 Å². The Morgan fingerprint density at radius 2 is 0.679 bits per heavy atom. The van der Waals surface area contributed by atoms with Gasteiger partial charge in [0.15, 0.2) is 6.29 Å². The predicted molar refractivity (Wildman–Crippen MR) is 235 cm³/mol. The van der Waals surface area contributed by atoms with Crippen molar-refractivity contribution in [2.24, 2.45) is 17.8 Å². The van der Waals surface area contributed by atoms with Gasteiger partial charge in [-0.15, -0.1) is 0 Å². The van der Waals surface area contributed by atoms with Crippen LogP contribution < -0.4 is 0 Å². The zero-order valence-corrected chi connectivity index (χ0v) is 37.2. The second kappa shape index (κ2) is 25.0. The van der Waals surface area contributed by atoms with Gasteiger partial charge in [0.25, 0.3) is 0 Å². The van der Waals surface area contributed by atoms with E-state index in [0.29, 0.717) is 5.92 Å². The van der Waals surface area contributed by atoms with Crippen molar-refractivity contribution in [2.75, 3.05) is 13.2 Å². The molecule has 0 unspecified atom stereocenters. The van der Waals surface area contributed by atoms with E-state index >= 15 is 0 Å². The number of rotatable bonds is 0. The molecule has 4 aromatic rings. The highest BCUT2D eigenvalue weighted by Crippen LogP contribution is 2.27. The van der Waals surface area contributed by atoms with E-state index in [9.17, 15) is 0 Å². The van der Waals surface area contributed by atoms with E-state index in [-0.39, 0.29) is 6.29 Å². The Bertz CT molecular complexity index is 1490. The molecule has 53 heavy (non-hydrogen) atoms. The fourth-order valence-electron chi connectivity index (χ4n) is 5.99. The molecule has 0 bridgehead atoms. The van der Waals surface area contributed by atoms with Crippen LogP contribution in [0.1, 0.15) is 126 Å². The van der Waals surface area contributed by atoms with Gasteiger partial charge < -0.3 is 9.47 Å². The van der Waals surface area contributed by atoms with E-state index in [1.54, 1.807) is 0 Å². The molecule has 2 aliphatic rings.